The second-order valence-electron chi connectivity index (χ2n) is 5.69. The first-order chi connectivity index (χ1) is 11.2. The molecule has 0 bridgehead atoms. The average Bonchev–Trinajstić information content (AvgIpc) is 3.07. The molecule has 0 spiro atoms. The Bertz CT molecular complexity index is 685. The van der Waals surface area contributed by atoms with Gasteiger partial charge in [0.25, 0.3) is 0 Å². The minimum absolute atomic E-state index is 0.105. The van der Waals surface area contributed by atoms with Gasteiger partial charge in [0.15, 0.2) is 0 Å². The predicted octanol–water partition coefficient (Wildman–Crippen LogP) is 3.36. The molecular formula is C19H22N2O2. The van der Waals surface area contributed by atoms with Crippen molar-refractivity contribution in [1.29, 1.82) is 0 Å². The number of fused-ring (bicyclic) bond motifs is 1. The maximum atomic E-state index is 12.4. The Balaban J connectivity index is 2.06. The van der Waals surface area contributed by atoms with Crippen LogP contribution in [0.4, 0.5) is 0 Å². The number of benzene rings is 1. The normalized spacial score (nSPS) is 14.0. The number of hydrogen-bond donors (Lipinski definition) is 0. The number of aromatic nitrogens is 1. The van der Waals surface area contributed by atoms with Crippen LogP contribution in [0.3, 0.4) is 0 Å². The fraction of sp³-hybridized carbons (Fsp3) is 0.368. The molecule has 0 N–H and O–H groups in total. The Morgan fingerprint density at radius 2 is 2.17 bits per heavy atom. The summed E-state index contributed by atoms with van der Waals surface area (Å²) in [5, 5.41) is 0. The highest BCUT2D eigenvalue weighted by atomic mass is 16.5. The lowest BCUT2D eigenvalue weighted by Gasteiger charge is -2.31. The average molecular weight is 310 g/mol. The molecule has 4 nitrogen and oxygen atoms in total. The van der Waals surface area contributed by atoms with Crippen LogP contribution in [0, 0.1) is 0 Å². The summed E-state index contributed by atoms with van der Waals surface area (Å²) in [6.45, 7) is 5.33. The van der Waals surface area contributed by atoms with Gasteiger partial charge in [0.2, 0.25) is 5.91 Å². The van der Waals surface area contributed by atoms with E-state index < -0.39 is 0 Å². The van der Waals surface area contributed by atoms with Gasteiger partial charge in [-0.15, -0.1) is 0 Å². The van der Waals surface area contributed by atoms with E-state index in [2.05, 4.69) is 17.1 Å². The second kappa shape index (κ2) is 6.82. The summed E-state index contributed by atoms with van der Waals surface area (Å²) in [6, 6.07) is 10.1. The Kier molecular flexibility index (Phi) is 4.60. The largest absolute Gasteiger partial charge is 0.493 e. The Labute approximate surface area is 137 Å². The molecule has 1 aliphatic heterocycles. The van der Waals surface area contributed by atoms with E-state index in [9.17, 15) is 4.79 Å². The first-order valence-corrected chi connectivity index (χ1v) is 8.19. The van der Waals surface area contributed by atoms with E-state index in [1.807, 2.05) is 43.1 Å². The molecule has 3 rings (SSSR count). The van der Waals surface area contributed by atoms with E-state index in [1.54, 1.807) is 6.20 Å². The van der Waals surface area contributed by atoms with Gasteiger partial charge in [0.1, 0.15) is 5.75 Å². The highest BCUT2D eigenvalue weighted by molar-refractivity contribution is 5.77. The van der Waals surface area contributed by atoms with Gasteiger partial charge in [0, 0.05) is 31.8 Å². The van der Waals surface area contributed by atoms with Crippen molar-refractivity contribution in [2.75, 3.05) is 13.2 Å². The molecule has 2 aromatic rings. The predicted molar refractivity (Wildman–Crippen MR) is 89.4 cm³/mol. The second-order valence-corrected chi connectivity index (χ2v) is 5.69. The molecule has 1 aromatic heterocycles. The number of nitrogens with zero attached hydrogens (tertiary/aromatic N) is 2. The van der Waals surface area contributed by atoms with Crippen LogP contribution < -0.4 is 4.74 Å². The topological polar surface area (TPSA) is 42.4 Å². The number of ether oxygens (including phenoxy) is 1. The van der Waals surface area contributed by atoms with Crippen LogP contribution in [-0.2, 0) is 11.2 Å². The summed E-state index contributed by atoms with van der Waals surface area (Å²) in [5.41, 5.74) is 3.37. The molecule has 0 radical (unpaired) electrons. The molecule has 1 aromatic carbocycles. The lowest BCUT2D eigenvalue weighted by Crippen LogP contribution is -2.35. The molecule has 0 aliphatic carbocycles. The number of amides is 1. The summed E-state index contributed by atoms with van der Waals surface area (Å²) in [7, 11) is 0. The maximum Gasteiger partial charge on any atom is 0.223 e. The first-order valence-electron chi connectivity index (χ1n) is 8.19. The van der Waals surface area contributed by atoms with Gasteiger partial charge in [-0.2, -0.15) is 0 Å². The molecule has 1 atom stereocenters. The van der Waals surface area contributed by atoms with Crippen LogP contribution in [0.15, 0.2) is 42.7 Å². The van der Waals surface area contributed by atoms with Crippen molar-refractivity contribution in [3.63, 3.8) is 0 Å². The summed E-state index contributed by atoms with van der Waals surface area (Å²) in [5.74, 6) is 1.11. The Morgan fingerprint density at radius 3 is 2.87 bits per heavy atom. The van der Waals surface area contributed by atoms with Crippen LogP contribution in [0.2, 0.25) is 0 Å². The zero-order valence-electron chi connectivity index (χ0n) is 13.7. The van der Waals surface area contributed by atoms with Crippen LogP contribution in [0.25, 0.3) is 0 Å². The smallest absolute Gasteiger partial charge is 0.223 e. The van der Waals surface area contributed by atoms with Crippen molar-refractivity contribution in [3.8, 4) is 5.75 Å². The zero-order valence-corrected chi connectivity index (χ0v) is 13.7. The van der Waals surface area contributed by atoms with Gasteiger partial charge in [-0.05, 0) is 41.8 Å². The van der Waals surface area contributed by atoms with E-state index >= 15 is 0 Å². The number of rotatable bonds is 5. The van der Waals surface area contributed by atoms with E-state index in [4.69, 9.17) is 4.74 Å². The first kappa shape index (κ1) is 15.5. The fourth-order valence-electron chi connectivity index (χ4n) is 3.17. The third kappa shape index (κ3) is 3.07. The molecular weight excluding hydrogens is 288 g/mol. The Morgan fingerprint density at radius 1 is 1.30 bits per heavy atom. The molecule has 23 heavy (non-hydrogen) atoms. The third-order valence-electron chi connectivity index (χ3n) is 4.30. The molecule has 2 heterocycles. The number of hydrogen-bond acceptors (Lipinski definition) is 3. The van der Waals surface area contributed by atoms with Crippen molar-refractivity contribution < 1.29 is 9.53 Å². The lowest BCUT2D eigenvalue weighted by molar-refractivity contribution is -0.132. The van der Waals surface area contributed by atoms with Gasteiger partial charge in [-0.25, -0.2) is 0 Å². The van der Waals surface area contributed by atoms with E-state index in [0.717, 1.165) is 29.9 Å². The van der Waals surface area contributed by atoms with E-state index in [0.29, 0.717) is 13.0 Å². The number of pyridine rings is 1. The molecule has 0 saturated carbocycles. The summed E-state index contributed by atoms with van der Waals surface area (Å²) < 4.78 is 5.60. The summed E-state index contributed by atoms with van der Waals surface area (Å²) >= 11 is 0. The quantitative estimate of drug-likeness (QED) is 0.850. The van der Waals surface area contributed by atoms with Crippen molar-refractivity contribution in [2.45, 2.75) is 32.7 Å². The summed E-state index contributed by atoms with van der Waals surface area (Å²) in [4.78, 5) is 18.6. The molecule has 4 heteroatoms. The molecule has 1 aliphatic rings. The Hall–Kier alpha value is -2.36. The number of carbonyl (C=O) groups is 1. The van der Waals surface area contributed by atoms with Crippen LogP contribution in [0.1, 0.15) is 43.0 Å². The SMILES string of the molecule is CCC(=O)N(CC)[C@@H](c1cccnc1)c1ccc2c(c1)CCO2. The minimum Gasteiger partial charge on any atom is -0.493 e. The van der Waals surface area contributed by atoms with Crippen molar-refractivity contribution >= 4 is 5.91 Å². The highest BCUT2D eigenvalue weighted by Gasteiger charge is 2.26. The van der Waals surface area contributed by atoms with Gasteiger partial charge in [-0.3, -0.25) is 9.78 Å². The van der Waals surface area contributed by atoms with Crippen LogP contribution in [0.5, 0.6) is 5.75 Å². The minimum atomic E-state index is -0.105. The maximum absolute atomic E-state index is 12.4. The summed E-state index contributed by atoms with van der Waals surface area (Å²) in [6.07, 6.45) is 5.03. The van der Waals surface area contributed by atoms with Crippen molar-refractivity contribution in [3.05, 3.63) is 59.4 Å². The monoisotopic (exact) mass is 310 g/mol. The zero-order chi connectivity index (χ0) is 16.2. The standard InChI is InChI=1S/C19H22N2O2/c1-3-18(22)21(4-2)19(16-6-5-10-20-13-16)15-7-8-17-14(12-15)9-11-23-17/h5-8,10,12-13,19H,3-4,9,11H2,1-2H3/t19-/m1/s1. The van der Waals surface area contributed by atoms with Gasteiger partial charge < -0.3 is 9.64 Å². The molecule has 0 saturated heterocycles. The fourth-order valence-corrected chi connectivity index (χ4v) is 3.17. The van der Waals surface area contributed by atoms with Crippen LogP contribution >= 0.6 is 0 Å². The van der Waals surface area contributed by atoms with Crippen LogP contribution in [-0.4, -0.2) is 28.9 Å². The third-order valence-corrected chi connectivity index (χ3v) is 4.30. The van der Waals surface area contributed by atoms with Gasteiger partial charge >= 0.3 is 0 Å². The van der Waals surface area contributed by atoms with Crippen molar-refractivity contribution in [1.82, 2.24) is 9.88 Å². The molecule has 1 amide bonds. The molecule has 0 unspecified atom stereocenters. The van der Waals surface area contributed by atoms with Gasteiger partial charge in [0.05, 0.1) is 12.6 Å². The van der Waals surface area contributed by atoms with E-state index in [-0.39, 0.29) is 11.9 Å². The van der Waals surface area contributed by atoms with Gasteiger partial charge in [-0.1, -0.05) is 19.1 Å². The lowest BCUT2D eigenvalue weighted by atomic mass is 9.95. The molecule has 0 fully saturated rings. The van der Waals surface area contributed by atoms with E-state index in [1.165, 1.54) is 5.56 Å². The number of carbonyl (C=O) groups excluding carboxylic acids is 1. The molecule has 120 valence electrons. The highest BCUT2D eigenvalue weighted by Crippen LogP contribution is 2.33. The van der Waals surface area contributed by atoms with Crippen molar-refractivity contribution in [2.24, 2.45) is 0 Å².